The highest BCUT2D eigenvalue weighted by Gasteiger charge is 2.17. The first-order valence-corrected chi connectivity index (χ1v) is 9.58. The van der Waals surface area contributed by atoms with E-state index in [1.165, 1.54) is 24.4 Å². The number of amides is 2. The predicted octanol–water partition coefficient (Wildman–Crippen LogP) is 4.27. The van der Waals surface area contributed by atoms with Crippen LogP contribution in [0.3, 0.4) is 0 Å². The van der Waals surface area contributed by atoms with E-state index in [0.717, 1.165) is 11.6 Å². The second kappa shape index (κ2) is 10.2. The molecule has 0 aromatic heterocycles. The van der Waals surface area contributed by atoms with E-state index in [2.05, 4.69) is 15.8 Å². The van der Waals surface area contributed by atoms with Crippen LogP contribution in [0.15, 0.2) is 71.8 Å². The third-order valence-corrected chi connectivity index (χ3v) is 4.60. The highest BCUT2D eigenvalue weighted by molar-refractivity contribution is 6.33. The molecule has 0 spiro atoms. The van der Waals surface area contributed by atoms with Crippen LogP contribution in [0.1, 0.15) is 26.3 Å². The van der Waals surface area contributed by atoms with Crippen LogP contribution in [-0.4, -0.2) is 30.1 Å². The third kappa shape index (κ3) is 5.46. The van der Waals surface area contributed by atoms with Gasteiger partial charge in [-0.25, -0.2) is 5.43 Å². The van der Waals surface area contributed by atoms with E-state index in [9.17, 15) is 19.7 Å². The van der Waals surface area contributed by atoms with Crippen LogP contribution in [-0.2, 0) is 0 Å². The average Bonchev–Trinajstić information content (AvgIpc) is 2.79. The van der Waals surface area contributed by atoms with Crippen LogP contribution in [0.4, 0.5) is 11.4 Å². The number of nitro groups is 1. The molecule has 0 unspecified atom stereocenters. The number of hydrogen-bond donors (Lipinski definition) is 2. The number of methoxy groups -OCH3 is 1. The second-order valence-electron chi connectivity index (χ2n) is 6.40. The Morgan fingerprint density at radius 2 is 1.84 bits per heavy atom. The number of nitrogens with one attached hydrogen (secondary N) is 2. The van der Waals surface area contributed by atoms with E-state index in [0.29, 0.717) is 5.75 Å². The van der Waals surface area contributed by atoms with E-state index in [-0.39, 0.29) is 27.5 Å². The lowest BCUT2D eigenvalue weighted by Crippen LogP contribution is -2.21. The SMILES string of the molecule is COc1cccc(/C=N/NC(=O)c2ccccc2NC(=O)c2ccc([N+](=O)[O-])c(Cl)c2)c1. The number of nitro benzene ring substituents is 1. The van der Waals surface area contributed by atoms with Crippen molar-refractivity contribution in [2.24, 2.45) is 5.10 Å². The van der Waals surface area contributed by atoms with E-state index < -0.39 is 16.7 Å². The molecule has 0 heterocycles. The van der Waals surface area contributed by atoms with Gasteiger partial charge in [-0.15, -0.1) is 0 Å². The van der Waals surface area contributed by atoms with Crippen molar-refractivity contribution in [1.82, 2.24) is 5.43 Å². The van der Waals surface area contributed by atoms with Gasteiger partial charge in [0.05, 0.1) is 29.5 Å². The molecule has 0 aliphatic carbocycles. The number of hydrazone groups is 1. The summed E-state index contributed by atoms with van der Waals surface area (Å²) in [6.45, 7) is 0. The van der Waals surface area contributed by atoms with E-state index in [1.54, 1.807) is 49.6 Å². The molecule has 0 aliphatic heterocycles. The smallest absolute Gasteiger partial charge is 0.287 e. The van der Waals surface area contributed by atoms with Gasteiger partial charge >= 0.3 is 0 Å². The fraction of sp³-hybridized carbons (Fsp3) is 0.0455. The summed E-state index contributed by atoms with van der Waals surface area (Å²) in [5.41, 5.74) is 3.34. The molecule has 9 nitrogen and oxygen atoms in total. The van der Waals surface area contributed by atoms with Crippen LogP contribution in [0.25, 0.3) is 0 Å². The average molecular weight is 453 g/mol. The van der Waals surface area contributed by atoms with E-state index >= 15 is 0 Å². The summed E-state index contributed by atoms with van der Waals surface area (Å²) < 4.78 is 5.14. The Kier molecular flexibility index (Phi) is 7.14. The lowest BCUT2D eigenvalue weighted by molar-refractivity contribution is -0.384. The lowest BCUT2D eigenvalue weighted by atomic mass is 10.1. The number of ether oxygens (including phenoxy) is 1. The van der Waals surface area contributed by atoms with Crippen molar-refractivity contribution in [3.63, 3.8) is 0 Å². The Morgan fingerprint density at radius 3 is 2.56 bits per heavy atom. The van der Waals surface area contributed by atoms with Gasteiger partial charge in [-0.3, -0.25) is 19.7 Å². The van der Waals surface area contributed by atoms with Crippen LogP contribution in [0.5, 0.6) is 5.75 Å². The Bertz CT molecular complexity index is 1210. The minimum Gasteiger partial charge on any atom is -0.497 e. The fourth-order valence-corrected chi connectivity index (χ4v) is 2.98. The van der Waals surface area contributed by atoms with E-state index in [1.807, 2.05) is 0 Å². The highest BCUT2D eigenvalue weighted by atomic mass is 35.5. The first-order chi connectivity index (χ1) is 15.4. The zero-order valence-corrected chi connectivity index (χ0v) is 17.5. The third-order valence-electron chi connectivity index (χ3n) is 4.30. The minimum absolute atomic E-state index is 0.104. The molecular formula is C22H17ClN4O5. The van der Waals surface area contributed by atoms with Crippen molar-refractivity contribution < 1.29 is 19.2 Å². The van der Waals surface area contributed by atoms with Crippen molar-refractivity contribution in [2.45, 2.75) is 0 Å². The van der Waals surface area contributed by atoms with Crippen LogP contribution >= 0.6 is 11.6 Å². The highest BCUT2D eigenvalue weighted by Crippen LogP contribution is 2.25. The Hall–Kier alpha value is -4.24. The monoisotopic (exact) mass is 452 g/mol. The molecule has 0 saturated heterocycles. The summed E-state index contributed by atoms with van der Waals surface area (Å²) in [5, 5.41) is 17.3. The standard InChI is InChI=1S/C22H17ClN4O5/c1-32-16-6-4-5-14(11-16)13-24-26-22(29)17-7-2-3-8-19(17)25-21(28)15-9-10-20(27(30)31)18(23)12-15/h2-13H,1H3,(H,25,28)(H,26,29)/b24-13+. The van der Waals surface area contributed by atoms with Crippen molar-refractivity contribution in [1.29, 1.82) is 0 Å². The summed E-state index contributed by atoms with van der Waals surface area (Å²) >= 11 is 5.87. The summed E-state index contributed by atoms with van der Waals surface area (Å²) in [7, 11) is 1.55. The molecule has 0 fully saturated rings. The molecular weight excluding hydrogens is 436 g/mol. The van der Waals surface area contributed by atoms with Crippen LogP contribution < -0.4 is 15.5 Å². The maximum Gasteiger partial charge on any atom is 0.287 e. The Morgan fingerprint density at radius 1 is 1.06 bits per heavy atom. The zero-order chi connectivity index (χ0) is 23.1. The molecule has 10 heteroatoms. The van der Waals surface area contributed by atoms with Gasteiger partial charge in [0.1, 0.15) is 10.8 Å². The Labute approximate surface area is 187 Å². The number of carbonyl (C=O) groups excluding carboxylic acids is 2. The van der Waals surface area contributed by atoms with Gasteiger partial charge in [-0.1, -0.05) is 35.9 Å². The number of halogens is 1. The van der Waals surface area contributed by atoms with Gasteiger partial charge in [-0.05, 0) is 42.0 Å². The van der Waals surface area contributed by atoms with Gasteiger partial charge in [0.15, 0.2) is 0 Å². The molecule has 0 saturated carbocycles. The normalized spacial score (nSPS) is 10.6. The largest absolute Gasteiger partial charge is 0.497 e. The van der Waals surface area contributed by atoms with Crippen molar-refractivity contribution in [2.75, 3.05) is 12.4 Å². The maximum atomic E-state index is 12.6. The van der Waals surface area contributed by atoms with Gasteiger partial charge < -0.3 is 10.1 Å². The van der Waals surface area contributed by atoms with Crippen molar-refractivity contribution in [3.8, 4) is 5.75 Å². The molecule has 3 rings (SSSR count). The molecule has 3 aromatic rings. The Balaban J connectivity index is 1.73. The molecule has 0 radical (unpaired) electrons. The molecule has 3 aromatic carbocycles. The fourth-order valence-electron chi connectivity index (χ4n) is 2.73. The summed E-state index contributed by atoms with van der Waals surface area (Å²) in [4.78, 5) is 35.4. The minimum atomic E-state index is -0.643. The molecule has 0 atom stereocenters. The quantitative estimate of drug-likeness (QED) is 0.315. The number of para-hydroxylation sites is 1. The maximum absolute atomic E-state index is 12.6. The number of benzene rings is 3. The molecule has 0 bridgehead atoms. The topological polar surface area (TPSA) is 123 Å². The summed E-state index contributed by atoms with van der Waals surface area (Å²) in [5.74, 6) is -0.469. The number of carbonyl (C=O) groups is 2. The van der Waals surface area contributed by atoms with Gasteiger partial charge in [-0.2, -0.15) is 5.10 Å². The second-order valence-corrected chi connectivity index (χ2v) is 6.81. The lowest BCUT2D eigenvalue weighted by Gasteiger charge is -2.10. The van der Waals surface area contributed by atoms with Crippen molar-refractivity contribution >= 4 is 41.0 Å². The number of rotatable bonds is 7. The summed E-state index contributed by atoms with van der Waals surface area (Å²) in [6, 6.07) is 17.1. The zero-order valence-electron chi connectivity index (χ0n) is 16.7. The molecule has 2 N–H and O–H groups in total. The molecule has 162 valence electrons. The first kappa shape index (κ1) is 22.4. The van der Waals surface area contributed by atoms with Gasteiger partial charge in [0, 0.05) is 11.6 Å². The first-order valence-electron chi connectivity index (χ1n) is 9.21. The van der Waals surface area contributed by atoms with Gasteiger partial charge in [0.2, 0.25) is 0 Å². The molecule has 0 aliphatic rings. The number of hydrogen-bond acceptors (Lipinski definition) is 6. The van der Waals surface area contributed by atoms with E-state index in [4.69, 9.17) is 16.3 Å². The summed E-state index contributed by atoms with van der Waals surface area (Å²) in [6.07, 6.45) is 1.46. The predicted molar refractivity (Wildman–Crippen MR) is 121 cm³/mol. The number of anilines is 1. The van der Waals surface area contributed by atoms with Gasteiger partial charge in [0.25, 0.3) is 17.5 Å². The van der Waals surface area contributed by atoms with Crippen LogP contribution in [0, 0.1) is 10.1 Å². The molecule has 2 amide bonds. The molecule has 32 heavy (non-hydrogen) atoms. The van der Waals surface area contributed by atoms with Crippen LogP contribution in [0.2, 0.25) is 5.02 Å². The number of nitrogens with zero attached hydrogens (tertiary/aromatic N) is 2. The van der Waals surface area contributed by atoms with Crippen molar-refractivity contribution in [3.05, 3.63) is 98.6 Å².